The number of rotatable bonds is 7. The molecular formula is C21H23N5O3. The van der Waals surface area contributed by atoms with Gasteiger partial charge in [0.15, 0.2) is 5.82 Å². The first kappa shape index (κ1) is 20.3. The molecule has 0 spiro atoms. The first-order chi connectivity index (χ1) is 14.0. The van der Waals surface area contributed by atoms with Gasteiger partial charge in [-0.25, -0.2) is 9.97 Å². The molecule has 150 valence electrons. The van der Waals surface area contributed by atoms with Gasteiger partial charge < -0.3 is 10.4 Å². The number of hydrogen-bond donors (Lipinski definition) is 2. The molecule has 1 amide bonds. The molecule has 0 saturated heterocycles. The summed E-state index contributed by atoms with van der Waals surface area (Å²) in [7, 11) is 0. The van der Waals surface area contributed by atoms with Gasteiger partial charge in [-0.05, 0) is 25.0 Å². The zero-order valence-corrected chi connectivity index (χ0v) is 16.4. The Balaban J connectivity index is 2.01. The minimum atomic E-state index is -0.369. The molecule has 2 heterocycles. The van der Waals surface area contributed by atoms with Gasteiger partial charge in [0.05, 0.1) is 6.20 Å². The van der Waals surface area contributed by atoms with Crippen molar-refractivity contribution in [3.8, 4) is 11.5 Å². The van der Waals surface area contributed by atoms with Crippen LogP contribution in [0.2, 0.25) is 0 Å². The fraction of sp³-hybridized carbons (Fsp3) is 0.286. The molecule has 0 saturated carbocycles. The number of nitrogens with one attached hydrogen (secondary N) is 1. The molecule has 1 aromatic carbocycles. The van der Waals surface area contributed by atoms with Crippen molar-refractivity contribution in [2.75, 3.05) is 11.9 Å². The third-order valence-corrected chi connectivity index (χ3v) is 4.60. The minimum Gasteiger partial charge on any atom is -0.396 e. The first-order valence-corrected chi connectivity index (χ1v) is 9.40. The second kappa shape index (κ2) is 9.20. The zero-order valence-electron chi connectivity index (χ0n) is 16.4. The van der Waals surface area contributed by atoms with E-state index < -0.39 is 0 Å². The summed E-state index contributed by atoms with van der Waals surface area (Å²) in [5.41, 5.74) is 2.62. The maximum Gasteiger partial charge on any atom is 0.257 e. The van der Waals surface area contributed by atoms with Gasteiger partial charge in [-0.1, -0.05) is 25.1 Å². The van der Waals surface area contributed by atoms with Crippen LogP contribution in [0.5, 0.6) is 0 Å². The lowest BCUT2D eigenvalue weighted by atomic mass is 10.1. The predicted molar refractivity (Wildman–Crippen MR) is 109 cm³/mol. The van der Waals surface area contributed by atoms with Gasteiger partial charge in [0, 0.05) is 42.4 Å². The highest BCUT2D eigenvalue weighted by molar-refractivity contribution is 5.91. The van der Waals surface area contributed by atoms with E-state index in [9.17, 15) is 14.7 Å². The van der Waals surface area contributed by atoms with E-state index in [0.29, 0.717) is 22.6 Å². The first-order valence-electron chi connectivity index (χ1n) is 9.40. The summed E-state index contributed by atoms with van der Waals surface area (Å²) in [6.45, 7) is 3.30. The van der Waals surface area contributed by atoms with Crippen molar-refractivity contribution < 1.29 is 9.90 Å². The van der Waals surface area contributed by atoms with Crippen molar-refractivity contribution in [3.05, 3.63) is 70.0 Å². The van der Waals surface area contributed by atoms with Gasteiger partial charge in [-0.15, -0.1) is 0 Å². The zero-order chi connectivity index (χ0) is 20.8. The lowest BCUT2D eigenvalue weighted by molar-refractivity contribution is -0.116. The second-order valence-electron chi connectivity index (χ2n) is 6.51. The number of carbonyl (C=O) groups excluding carboxylic acids is 1. The number of carbonyl (C=O) groups is 1. The van der Waals surface area contributed by atoms with Crippen LogP contribution in [-0.4, -0.2) is 37.1 Å². The maximum absolute atomic E-state index is 13.1. The lowest BCUT2D eigenvalue weighted by Gasteiger charge is -2.16. The third-order valence-electron chi connectivity index (χ3n) is 4.60. The minimum absolute atomic E-state index is 0.165. The van der Waals surface area contributed by atoms with Gasteiger partial charge in [0.1, 0.15) is 12.2 Å². The number of aromatic nitrogens is 4. The number of para-hydroxylation sites is 1. The summed E-state index contributed by atoms with van der Waals surface area (Å²) in [4.78, 5) is 38.6. The molecule has 8 heteroatoms. The van der Waals surface area contributed by atoms with E-state index in [0.717, 1.165) is 12.0 Å². The van der Waals surface area contributed by atoms with Crippen LogP contribution < -0.4 is 10.9 Å². The standard InChI is InChI=1S/C21H23N5O3/c1-3-15-6-4-5-7-17(15)25-19(28)13-26-20(18-12-22-9-10-23-18)24-14(2)16(8-11-27)21(26)29/h4-7,9-10,12,27H,3,8,11,13H2,1-2H3,(H,25,28). The van der Waals surface area contributed by atoms with Crippen molar-refractivity contribution in [2.24, 2.45) is 0 Å². The number of aliphatic hydroxyl groups excluding tert-OH is 1. The molecular weight excluding hydrogens is 370 g/mol. The highest BCUT2D eigenvalue weighted by Crippen LogP contribution is 2.17. The van der Waals surface area contributed by atoms with Crippen LogP contribution in [0, 0.1) is 6.92 Å². The summed E-state index contributed by atoms with van der Waals surface area (Å²) in [5.74, 6) is -0.0834. The molecule has 2 N–H and O–H groups in total. The molecule has 3 aromatic rings. The van der Waals surface area contributed by atoms with E-state index in [4.69, 9.17) is 0 Å². The number of aliphatic hydroxyl groups is 1. The summed E-state index contributed by atoms with van der Waals surface area (Å²) >= 11 is 0. The molecule has 8 nitrogen and oxygen atoms in total. The molecule has 3 rings (SSSR count). The molecule has 0 aliphatic carbocycles. The van der Waals surface area contributed by atoms with Gasteiger partial charge in [0.2, 0.25) is 5.91 Å². The van der Waals surface area contributed by atoms with Crippen LogP contribution in [-0.2, 0) is 24.2 Å². The number of anilines is 1. The van der Waals surface area contributed by atoms with Gasteiger partial charge in [0.25, 0.3) is 5.56 Å². The van der Waals surface area contributed by atoms with Gasteiger partial charge in [-0.3, -0.25) is 19.1 Å². The highest BCUT2D eigenvalue weighted by Gasteiger charge is 2.19. The molecule has 29 heavy (non-hydrogen) atoms. The van der Waals surface area contributed by atoms with E-state index in [1.807, 2.05) is 31.2 Å². The summed E-state index contributed by atoms with van der Waals surface area (Å²) in [6.07, 6.45) is 5.45. The molecule has 0 unspecified atom stereocenters. The number of aryl methyl sites for hydroxylation is 2. The fourth-order valence-electron chi connectivity index (χ4n) is 3.14. The topological polar surface area (TPSA) is 110 Å². The van der Waals surface area contributed by atoms with Crippen molar-refractivity contribution >= 4 is 11.6 Å². The molecule has 0 radical (unpaired) electrons. The number of hydrogen-bond acceptors (Lipinski definition) is 6. The molecule has 0 aliphatic heterocycles. The Morgan fingerprint density at radius 2 is 2.03 bits per heavy atom. The quantitative estimate of drug-likeness (QED) is 0.633. The molecule has 2 aromatic heterocycles. The average molecular weight is 393 g/mol. The van der Waals surface area contributed by atoms with Crippen LogP contribution in [0.1, 0.15) is 23.7 Å². The van der Waals surface area contributed by atoms with Crippen molar-refractivity contribution in [1.82, 2.24) is 19.5 Å². The van der Waals surface area contributed by atoms with Crippen molar-refractivity contribution in [2.45, 2.75) is 33.2 Å². The molecule has 0 atom stereocenters. The largest absolute Gasteiger partial charge is 0.396 e. The lowest BCUT2D eigenvalue weighted by Crippen LogP contribution is -2.33. The number of amides is 1. The third kappa shape index (κ3) is 4.55. The Kier molecular flexibility index (Phi) is 6.46. The van der Waals surface area contributed by atoms with Crippen molar-refractivity contribution in [1.29, 1.82) is 0 Å². The maximum atomic E-state index is 13.1. The van der Waals surface area contributed by atoms with Crippen LogP contribution >= 0.6 is 0 Å². The SMILES string of the molecule is CCc1ccccc1NC(=O)Cn1c(-c2cnccn2)nc(C)c(CCO)c1=O. The van der Waals surface area contributed by atoms with E-state index in [-0.39, 0.29) is 36.9 Å². The van der Waals surface area contributed by atoms with Gasteiger partial charge in [-0.2, -0.15) is 0 Å². The van der Waals surface area contributed by atoms with Crippen LogP contribution in [0.4, 0.5) is 5.69 Å². The average Bonchev–Trinajstić information content (AvgIpc) is 2.74. The van der Waals surface area contributed by atoms with E-state index in [2.05, 4.69) is 20.3 Å². The van der Waals surface area contributed by atoms with Gasteiger partial charge >= 0.3 is 0 Å². The van der Waals surface area contributed by atoms with Crippen LogP contribution in [0.15, 0.2) is 47.7 Å². The molecule has 0 bridgehead atoms. The Bertz CT molecular complexity index is 1060. The second-order valence-corrected chi connectivity index (χ2v) is 6.51. The number of benzene rings is 1. The molecule has 0 fully saturated rings. The smallest absolute Gasteiger partial charge is 0.257 e. The van der Waals surface area contributed by atoms with Crippen LogP contribution in [0.25, 0.3) is 11.5 Å². The molecule has 0 aliphatic rings. The van der Waals surface area contributed by atoms with E-state index >= 15 is 0 Å². The fourth-order valence-corrected chi connectivity index (χ4v) is 3.14. The highest BCUT2D eigenvalue weighted by atomic mass is 16.3. The summed E-state index contributed by atoms with van der Waals surface area (Å²) in [5, 5.41) is 12.2. The monoisotopic (exact) mass is 393 g/mol. The normalized spacial score (nSPS) is 10.7. The van der Waals surface area contributed by atoms with E-state index in [1.54, 1.807) is 6.92 Å². The van der Waals surface area contributed by atoms with E-state index in [1.165, 1.54) is 23.2 Å². The van der Waals surface area contributed by atoms with Crippen molar-refractivity contribution in [3.63, 3.8) is 0 Å². The Morgan fingerprint density at radius 1 is 1.24 bits per heavy atom. The number of nitrogens with zero attached hydrogens (tertiary/aromatic N) is 4. The Hall–Kier alpha value is -3.39. The van der Waals surface area contributed by atoms with Crippen LogP contribution in [0.3, 0.4) is 0 Å². The summed E-state index contributed by atoms with van der Waals surface area (Å²) in [6, 6.07) is 7.53. The Morgan fingerprint density at radius 3 is 2.72 bits per heavy atom. The predicted octanol–water partition coefficient (Wildman–Crippen LogP) is 1.74. The summed E-state index contributed by atoms with van der Waals surface area (Å²) < 4.78 is 1.28. The Labute approximate surface area is 168 Å².